The molecule has 0 atom stereocenters. The van der Waals surface area contributed by atoms with E-state index < -0.39 is 0 Å². The second-order valence-electron chi connectivity index (χ2n) is 7.68. The number of halogens is 2. The van der Waals surface area contributed by atoms with E-state index in [9.17, 15) is 0 Å². The van der Waals surface area contributed by atoms with E-state index in [1.807, 2.05) is 23.9 Å². The summed E-state index contributed by atoms with van der Waals surface area (Å²) in [6.45, 7) is 8.62. The number of ether oxygens (including phenoxy) is 1. The predicted octanol–water partition coefficient (Wildman–Crippen LogP) is 6.01. The van der Waals surface area contributed by atoms with Crippen LogP contribution in [0.4, 0.5) is 0 Å². The Labute approximate surface area is 203 Å². The van der Waals surface area contributed by atoms with E-state index in [-0.39, 0.29) is 24.8 Å². The Balaban J connectivity index is 0.00000171. The van der Waals surface area contributed by atoms with Crippen molar-refractivity contribution >= 4 is 42.7 Å². The van der Waals surface area contributed by atoms with E-state index >= 15 is 0 Å². The number of thioether (sulfide) groups is 1. The van der Waals surface area contributed by atoms with Gasteiger partial charge in [-0.2, -0.15) is 0 Å². The minimum Gasteiger partial charge on any atom is -0.488 e. The number of nitrogens with zero attached hydrogens (tertiary/aromatic N) is 2. The average molecular weight is 480 g/mol. The Hall–Kier alpha value is -1.59. The van der Waals surface area contributed by atoms with E-state index in [0.717, 1.165) is 31.9 Å². The molecule has 0 amide bonds. The molecule has 0 N–H and O–H groups in total. The fourth-order valence-corrected chi connectivity index (χ4v) is 4.75. The molecule has 2 aliphatic rings. The number of hydrogen-bond donors (Lipinski definition) is 0. The lowest BCUT2D eigenvalue weighted by Crippen LogP contribution is -2.45. The van der Waals surface area contributed by atoms with Crippen LogP contribution in [0, 0.1) is 0 Å². The summed E-state index contributed by atoms with van der Waals surface area (Å²) in [7, 11) is 0. The first-order valence-electron chi connectivity index (χ1n) is 10.5. The summed E-state index contributed by atoms with van der Waals surface area (Å²) >= 11 is 1.96. The van der Waals surface area contributed by atoms with Crippen LogP contribution in [0.5, 0.6) is 5.75 Å². The van der Waals surface area contributed by atoms with Gasteiger partial charge in [-0.15, -0.1) is 36.6 Å². The number of rotatable bonds is 7. The number of piperazine rings is 1. The van der Waals surface area contributed by atoms with Crippen molar-refractivity contribution in [3.63, 3.8) is 0 Å². The first-order valence-corrected chi connectivity index (χ1v) is 11.5. The normalized spacial score (nSPS) is 16.4. The minimum absolute atomic E-state index is 0. The summed E-state index contributed by atoms with van der Waals surface area (Å²) < 4.78 is 5.89. The third-order valence-corrected chi connectivity index (χ3v) is 6.65. The van der Waals surface area contributed by atoms with E-state index in [2.05, 4.69) is 71.3 Å². The summed E-state index contributed by atoms with van der Waals surface area (Å²) in [5.74, 6) is 2.18. The molecule has 2 heterocycles. The summed E-state index contributed by atoms with van der Waals surface area (Å²) in [6.07, 6.45) is 5.79. The van der Waals surface area contributed by atoms with E-state index in [0.29, 0.717) is 6.61 Å². The second-order valence-corrected chi connectivity index (χ2v) is 8.84. The van der Waals surface area contributed by atoms with Gasteiger partial charge in [0.05, 0.1) is 0 Å². The molecule has 0 saturated carbocycles. The van der Waals surface area contributed by atoms with E-state index in [1.54, 1.807) is 0 Å². The third-order valence-electron chi connectivity index (χ3n) is 5.55. The molecule has 2 aromatic rings. The van der Waals surface area contributed by atoms with Crippen LogP contribution in [0.1, 0.15) is 18.9 Å². The average Bonchev–Trinajstić information content (AvgIpc) is 2.78. The lowest BCUT2D eigenvalue weighted by Gasteiger charge is -2.36. The van der Waals surface area contributed by atoms with Gasteiger partial charge in [0.25, 0.3) is 0 Å². The summed E-state index contributed by atoms with van der Waals surface area (Å²) in [5, 5.41) is 0. The lowest BCUT2D eigenvalue weighted by molar-refractivity contribution is 0.159. The molecule has 1 saturated heterocycles. The van der Waals surface area contributed by atoms with Gasteiger partial charge in [-0.05, 0) is 61.6 Å². The van der Waals surface area contributed by atoms with Gasteiger partial charge in [-0.3, -0.25) is 4.90 Å². The second kappa shape index (κ2) is 13.1. The van der Waals surface area contributed by atoms with Crippen LogP contribution in [0.25, 0.3) is 6.08 Å². The maximum atomic E-state index is 5.89. The van der Waals surface area contributed by atoms with Gasteiger partial charge in [-0.25, -0.2) is 0 Å². The van der Waals surface area contributed by atoms with Crippen molar-refractivity contribution in [3.05, 3.63) is 77.5 Å². The third kappa shape index (κ3) is 7.50. The van der Waals surface area contributed by atoms with Crippen LogP contribution in [-0.2, 0) is 0 Å². The fourth-order valence-electron chi connectivity index (χ4n) is 3.90. The maximum absolute atomic E-state index is 5.89. The fraction of sp³-hybridized carbons (Fsp3) is 0.360. The molecule has 3 nitrogen and oxygen atoms in total. The highest BCUT2D eigenvalue weighted by Crippen LogP contribution is 2.27. The Kier molecular flexibility index (Phi) is 10.8. The first kappa shape index (κ1) is 25.7. The van der Waals surface area contributed by atoms with Gasteiger partial charge in [0.1, 0.15) is 12.4 Å². The van der Waals surface area contributed by atoms with Gasteiger partial charge in [0.2, 0.25) is 0 Å². The topological polar surface area (TPSA) is 15.7 Å². The molecule has 4 rings (SSSR count). The first-order chi connectivity index (χ1) is 14.3. The molecule has 0 aromatic heterocycles. The SMILES string of the molecule is CC(=CC1=Cc2ccccc2OC1)N1CCN(CCCSc2ccccc2)CC1.Cl.Cl. The Morgan fingerprint density at radius 2 is 1.68 bits per heavy atom. The van der Waals surface area contributed by atoms with Crippen molar-refractivity contribution in [1.29, 1.82) is 0 Å². The molecule has 31 heavy (non-hydrogen) atoms. The van der Waals surface area contributed by atoms with Crippen molar-refractivity contribution in [2.75, 3.05) is 45.1 Å². The molecular weight excluding hydrogens is 447 g/mol. The predicted molar refractivity (Wildman–Crippen MR) is 138 cm³/mol. The number of allylic oxidation sites excluding steroid dienone is 1. The van der Waals surface area contributed by atoms with Crippen molar-refractivity contribution in [3.8, 4) is 5.75 Å². The van der Waals surface area contributed by atoms with Gasteiger partial charge >= 0.3 is 0 Å². The molecule has 2 aliphatic heterocycles. The lowest BCUT2D eigenvalue weighted by atomic mass is 10.1. The molecule has 6 heteroatoms. The molecule has 0 unspecified atom stereocenters. The molecule has 0 bridgehead atoms. The summed E-state index contributed by atoms with van der Waals surface area (Å²) in [5.41, 5.74) is 3.77. The number of hydrogen-bond acceptors (Lipinski definition) is 4. The molecule has 2 aromatic carbocycles. The number of para-hydroxylation sites is 1. The Morgan fingerprint density at radius 3 is 2.45 bits per heavy atom. The van der Waals surface area contributed by atoms with Crippen molar-refractivity contribution in [2.24, 2.45) is 0 Å². The number of benzene rings is 2. The molecular formula is C25H32Cl2N2OS. The summed E-state index contributed by atoms with van der Waals surface area (Å²) in [6, 6.07) is 19.0. The van der Waals surface area contributed by atoms with Crippen LogP contribution in [0.2, 0.25) is 0 Å². The summed E-state index contributed by atoms with van der Waals surface area (Å²) in [4.78, 5) is 6.49. The molecule has 1 fully saturated rings. The van der Waals surface area contributed by atoms with Gasteiger partial charge in [-0.1, -0.05) is 36.4 Å². The highest BCUT2D eigenvalue weighted by molar-refractivity contribution is 7.99. The van der Waals surface area contributed by atoms with Gasteiger partial charge in [0, 0.05) is 42.3 Å². The molecule has 0 spiro atoms. The van der Waals surface area contributed by atoms with Crippen LogP contribution in [0.15, 0.2) is 76.8 Å². The highest BCUT2D eigenvalue weighted by atomic mass is 35.5. The van der Waals surface area contributed by atoms with Gasteiger partial charge in [0.15, 0.2) is 0 Å². The van der Waals surface area contributed by atoms with Gasteiger partial charge < -0.3 is 9.64 Å². The highest BCUT2D eigenvalue weighted by Gasteiger charge is 2.17. The Bertz CT molecular complexity index is 865. The minimum atomic E-state index is 0. The number of fused-ring (bicyclic) bond motifs is 1. The molecule has 0 aliphatic carbocycles. The zero-order valence-corrected chi connectivity index (χ0v) is 20.5. The van der Waals surface area contributed by atoms with Crippen LogP contribution >= 0.6 is 36.6 Å². The van der Waals surface area contributed by atoms with Crippen molar-refractivity contribution < 1.29 is 4.74 Å². The quantitative estimate of drug-likeness (QED) is 0.357. The van der Waals surface area contributed by atoms with E-state index in [1.165, 1.54) is 40.4 Å². The standard InChI is InChI=1S/C25H30N2OS.2ClH/c1-21(18-22-19-23-8-5-6-11-25(23)28-20-22)27-15-13-26(14-16-27)12-7-17-29-24-9-3-2-4-10-24;;/h2-6,8-11,18-19H,7,12-17,20H2,1H3;2*1H. The van der Waals surface area contributed by atoms with E-state index in [4.69, 9.17) is 4.74 Å². The van der Waals surface area contributed by atoms with Crippen molar-refractivity contribution in [1.82, 2.24) is 9.80 Å². The van der Waals surface area contributed by atoms with Crippen LogP contribution in [-0.4, -0.2) is 54.9 Å². The Morgan fingerprint density at radius 1 is 0.968 bits per heavy atom. The maximum Gasteiger partial charge on any atom is 0.127 e. The molecule has 168 valence electrons. The van der Waals surface area contributed by atoms with Crippen LogP contribution < -0.4 is 4.74 Å². The van der Waals surface area contributed by atoms with Crippen molar-refractivity contribution in [2.45, 2.75) is 18.2 Å². The monoisotopic (exact) mass is 478 g/mol. The molecule has 0 radical (unpaired) electrons. The zero-order valence-electron chi connectivity index (χ0n) is 18.0. The largest absolute Gasteiger partial charge is 0.488 e. The van der Waals surface area contributed by atoms with Crippen LogP contribution in [0.3, 0.4) is 0 Å². The zero-order chi connectivity index (χ0) is 19.9. The smallest absolute Gasteiger partial charge is 0.127 e.